The Labute approximate surface area is 90.2 Å². The molecule has 0 unspecified atom stereocenters. The van der Waals surface area contributed by atoms with Crippen molar-refractivity contribution in [3.63, 3.8) is 0 Å². The number of nitrogens with one attached hydrogen (secondary N) is 1. The molecule has 3 heteroatoms. The molecule has 84 valence electrons. The van der Waals surface area contributed by atoms with Gasteiger partial charge in [-0.25, -0.2) is 0 Å². The molecule has 1 rings (SSSR count). The van der Waals surface area contributed by atoms with Crippen LogP contribution >= 0.6 is 0 Å². The second kappa shape index (κ2) is 6.27. The SMILES string of the molecule is CCCCCCCc1cc(O)cc(=O)[nH]1. The summed E-state index contributed by atoms with van der Waals surface area (Å²) in [6.45, 7) is 2.19. The maximum Gasteiger partial charge on any atom is 0.251 e. The first-order chi connectivity index (χ1) is 7.22. The number of pyridine rings is 1. The van der Waals surface area contributed by atoms with Crippen molar-refractivity contribution in [1.82, 2.24) is 4.98 Å². The van der Waals surface area contributed by atoms with Gasteiger partial charge in [-0.05, 0) is 18.9 Å². The largest absolute Gasteiger partial charge is 0.508 e. The molecule has 1 aromatic rings. The first kappa shape index (κ1) is 11.8. The van der Waals surface area contributed by atoms with Crippen LogP contribution in [0.15, 0.2) is 16.9 Å². The van der Waals surface area contributed by atoms with E-state index in [9.17, 15) is 9.90 Å². The maximum absolute atomic E-state index is 11.0. The minimum Gasteiger partial charge on any atom is -0.508 e. The zero-order valence-electron chi connectivity index (χ0n) is 9.25. The molecule has 0 saturated carbocycles. The number of aromatic hydroxyl groups is 1. The van der Waals surface area contributed by atoms with Crippen molar-refractivity contribution >= 4 is 0 Å². The lowest BCUT2D eigenvalue weighted by Gasteiger charge is -2.01. The average Bonchev–Trinajstić information content (AvgIpc) is 2.16. The van der Waals surface area contributed by atoms with Crippen molar-refractivity contribution in [2.24, 2.45) is 0 Å². The van der Waals surface area contributed by atoms with Crippen LogP contribution in [0.5, 0.6) is 5.75 Å². The highest BCUT2D eigenvalue weighted by Crippen LogP contribution is 2.10. The van der Waals surface area contributed by atoms with E-state index in [1.807, 2.05) is 0 Å². The van der Waals surface area contributed by atoms with Crippen LogP contribution in [-0.4, -0.2) is 10.1 Å². The Morgan fingerprint density at radius 3 is 2.60 bits per heavy atom. The van der Waals surface area contributed by atoms with Gasteiger partial charge in [0.2, 0.25) is 0 Å². The van der Waals surface area contributed by atoms with E-state index in [2.05, 4.69) is 11.9 Å². The molecule has 0 aromatic carbocycles. The van der Waals surface area contributed by atoms with Gasteiger partial charge in [0.1, 0.15) is 5.75 Å². The average molecular weight is 209 g/mol. The molecule has 0 aliphatic heterocycles. The van der Waals surface area contributed by atoms with Crippen LogP contribution in [-0.2, 0) is 6.42 Å². The van der Waals surface area contributed by atoms with Crippen LogP contribution in [0, 0.1) is 0 Å². The highest BCUT2D eigenvalue weighted by molar-refractivity contribution is 5.20. The molecule has 0 fully saturated rings. The lowest BCUT2D eigenvalue weighted by atomic mass is 10.1. The molecule has 0 radical (unpaired) electrons. The number of H-pyrrole nitrogens is 1. The third-order valence-electron chi connectivity index (χ3n) is 2.43. The first-order valence-electron chi connectivity index (χ1n) is 5.64. The molecule has 0 aliphatic rings. The lowest BCUT2D eigenvalue weighted by molar-refractivity contribution is 0.472. The monoisotopic (exact) mass is 209 g/mol. The quantitative estimate of drug-likeness (QED) is 0.707. The maximum atomic E-state index is 11.0. The fourth-order valence-corrected chi connectivity index (χ4v) is 1.64. The summed E-state index contributed by atoms with van der Waals surface area (Å²) in [5.41, 5.74) is 0.607. The van der Waals surface area contributed by atoms with Crippen LogP contribution in [0.2, 0.25) is 0 Å². The van der Waals surface area contributed by atoms with Gasteiger partial charge in [-0.15, -0.1) is 0 Å². The topological polar surface area (TPSA) is 53.1 Å². The number of aromatic nitrogens is 1. The highest BCUT2D eigenvalue weighted by atomic mass is 16.3. The zero-order valence-corrected chi connectivity index (χ0v) is 9.25. The Bertz CT molecular complexity index is 344. The fraction of sp³-hybridized carbons (Fsp3) is 0.583. The van der Waals surface area contributed by atoms with Gasteiger partial charge >= 0.3 is 0 Å². The van der Waals surface area contributed by atoms with E-state index in [1.54, 1.807) is 6.07 Å². The molecule has 0 amide bonds. The molecule has 0 aliphatic carbocycles. The van der Waals surface area contributed by atoms with Crippen LogP contribution < -0.4 is 5.56 Å². The van der Waals surface area contributed by atoms with Crippen molar-refractivity contribution in [2.75, 3.05) is 0 Å². The summed E-state index contributed by atoms with van der Waals surface area (Å²) >= 11 is 0. The molecule has 1 heterocycles. The van der Waals surface area contributed by atoms with Crippen LogP contribution in [0.25, 0.3) is 0 Å². The molecule has 0 atom stereocenters. The number of hydrogen-bond acceptors (Lipinski definition) is 2. The lowest BCUT2D eigenvalue weighted by Crippen LogP contribution is -2.06. The van der Waals surface area contributed by atoms with Gasteiger partial charge in [0.25, 0.3) is 5.56 Å². The van der Waals surface area contributed by atoms with E-state index >= 15 is 0 Å². The zero-order chi connectivity index (χ0) is 11.1. The predicted octanol–water partition coefficient (Wildman–Crippen LogP) is 2.59. The summed E-state index contributed by atoms with van der Waals surface area (Å²) in [6.07, 6.45) is 6.86. The third kappa shape index (κ3) is 4.68. The third-order valence-corrected chi connectivity index (χ3v) is 2.43. The second-order valence-corrected chi connectivity index (χ2v) is 3.89. The molecule has 2 N–H and O–H groups in total. The molecular formula is C12H19NO2. The standard InChI is InChI=1S/C12H19NO2/c1-2-3-4-5-6-7-10-8-11(14)9-12(15)13-10/h8-9H,2-7H2,1H3,(H2,13,14,15). The predicted molar refractivity (Wildman–Crippen MR) is 61.2 cm³/mol. The van der Waals surface area contributed by atoms with Crippen molar-refractivity contribution in [3.05, 3.63) is 28.2 Å². The van der Waals surface area contributed by atoms with Gasteiger partial charge in [-0.3, -0.25) is 4.79 Å². The van der Waals surface area contributed by atoms with E-state index in [1.165, 1.54) is 31.7 Å². The minimum atomic E-state index is -0.224. The summed E-state index contributed by atoms with van der Waals surface area (Å²) in [5, 5.41) is 9.21. The number of rotatable bonds is 6. The Morgan fingerprint density at radius 1 is 1.20 bits per heavy atom. The number of hydrogen-bond donors (Lipinski definition) is 2. The molecule has 1 aromatic heterocycles. The van der Waals surface area contributed by atoms with Crippen molar-refractivity contribution in [1.29, 1.82) is 0 Å². The van der Waals surface area contributed by atoms with E-state index in [4.69, 9.17) is 0 Å². The summed E-state index contributed by atoms with van der Waals surface area (Å²) in [4.78, 5) is 13.8. The van der Waals surface area contributed by atoms with E-state index in [-0.39, 0.29) is 11.3 Å². The van der Waals surface area contributed by atoms with E-state index in [0.29, 0.717) is 0 Å². The summed E-state index contributed by atoms with van der Waals surface area (Å²) in [6, 6.07) is 2.82. The van der Waals surface area contributed by atoms with Gasteiger partial charge in [0, 0.05) is 11.8 Å². The van der Waals surface area contributed by atoms with Crippen molar-refractivity contribution in [3.8, 4) is 5.75 Å². The van der Waals surface area contributed by atoms with Crippen LogP contribution in [0.1, 0.15) is 44.7 Å². The number of aryl methyl sites for hydroxylation is 1. The van der Waals surface area contributed by atoms with Crippen molar-refractivity contribution < 1.29 is 5.11 Å². The molecule has 3 nitrogen and oxygen atoms in total. The highest BCUT2D eigenvalue weighted by Gasteiger charge is 1.97. The molecular weight excluding hydrogens is 190 g/mol. The van der Waals surface area contributed by atoms with Gasteiger partial charge in [0.05, 0.1) is 0 Å². The van der Waals surface area contributed by atoms with Crippen LogP contribution in [0.4, 0.5) is 0 Å². The summed E-state index contributed by atoms with van der Waals surface area (Å²) in [5.74, 6) is 0.0577. The Balaban J connectivity index is 2.34. The van der Waals surface area contributed by atoms with Crippen molar-refractivity contribution in [2.45, 2.75) is 45.4 Å². The minimum absolute atomic E-state index is 0.0577. The Hall–Kier alpha value is -1.25. The second-order valence-electron chi connectivity index (χ2n) is 3.89. The molecule has 0 bridgehead atoms. The summed E-state index contributed by atoms with van der Waals surface area (Å²) in [7, 11) is 0. The normalized spacial score (nSPS) is 10.5. The summed E-state index contributed by atoms with van der Waals surface area (Å²) < 4.78 is 0. The molecule has 0 saturated heterocycles. The molecule has 15 heavy (non-hydrogen) atoms. The van der Waals surface area contributed by atoms with Gasteiger partial charge in [-0.1, -0.05) is 32.6 Å². The fourth-order valence-electron chi connectivity index (χ4n) is 1.64. The van der Waals surface area contributed by atoms with Gasteiger partial charge in [-0.2, -0.15) is 0 Å². The Kier molecular flexibility index (Phi) is 4.95. The number of unbranched alkanes of at least 4 members (excludes halogenated alkanes) is 4. The van der Waals surface area contributed by atoms with Gasteiger partial charge < -0.3 is 10.1 Å². The van der Waals surface area contributed by atoms with Crippen LogP contribution in [0.3, 0.4) is 0 Å². The van der Waals surface area contributed by atoms with E-state index < -0.39 is 0 Å². The molecule has 0 spiro atoms. The number of aromatic amines is 1. The Morgan fingerprint density at radius 2 is 1.93 bits per heavy atom. The van der Waals surface area contributed by atoms with Gasteiger partial charge in [0.15, 0.2) is 0 Å². The smallest absolute Gasteiger partial charge is 0.251 e. The van der Waals surface area contributed by atoms with E-state index in [0.717, 1.165) is 18.5 Å². The first-order valence-corrected chi connectivity index (χ1v) is 5.64.